The largest absolute Gasteiger partial charge is 0.497 e. The van der Waals surface area contributed by atoms with Gasteiger partial charge in [-0.05, 0) is 48.9 Å². The zero-order valence-electron chi connectivity index (χ0n) is 20.6. The maximum atomic E-state index is 13.7. The number of nitrogens with one attached hydrogen (secondary N) is 1. The number of anilines is 1. The topological polar surface area (TPSA) is 137 Å². The van der Waals surface area contributed by atoms with Crippen molar-refractivity contribution in [3.05, 3.63) is 107 Å². The maximum Gasteiger partial charge on any atom is 0.273 e. The van der Waals surface area contributed by atoms with Gasteiger partial charge in [-0.15, -0.1) is 0 Å². The Morgan fingerprint density at radius 2 is 1.87 bits per heavy atom. The number of imidazole rings is 1. The molecule has 0 saturated heterocycles. The Kier molecular flexibility index (Phi) is 7.72. The summed E-state index contributed by atoms with van der Waals surface area (Å²) >= 11 is 0. The zero-order chi connectivity index (χ0) is 27.3. The smallest absolute Gasteiger partial charge is 0.273 e. The Balaban J connectivity index is 1.63. The van der Waals surface area contributed by atoms with Crippen LogP contribution in [0.25, 0.3) is 5.69 Å². The van der Waals surface area contributed by atoms with E-state index in [1.807, 2.05) is 24.3 Å². The summed E-state index contributed by atoms with van der Waals surface area (Å²) in [6.45, 7) is 1.11. The van der Waals surface area contributed by atoms with Gasteiger partial charge in [-0.3, -0.25) is 19.2 Å². The minimum atomic E-state index is -4.35. The number of ether oxygens (including phenoxy) is 1. The number of aryl methyl sites for hydroxylation is 1. The van der Waals surface area contributed by atoms with E-state index in [0.717, 1.165) is 21.6 Å². The van der Waals surface area contributed by atoms with E-state index in [0.29, 0.717) is 11.3 Å². The highest BCUT2D eigenvalue weighted by Crippen LogP contribution is 2.29. The highest BCUT2D eigenvalue weighted by molar-refractivity contribution is 7.92. The van der Waals surface area contributed by atoms with Crippen LogP contribution in [-0.2, 0) is 21.4 Å². The molecule has 0 spiro atoms. The van der Waals surface area contributed by atoms with Crippen LogP contribution in [0.1, 0.15) is 11.1 Å². The molecule has 3 aromatic carbocycles. The average Bonchev–Trinajstić information content (AvgIpc) is 3.45. The predicted octanol–water partition coefficient (Wildman–Crippen LogP) is 3.61. The van der Waals surface area contributed by atoms with Gasteiger partial charge in [-0.25, -0.2) is 13.4 Å². The second kappa shape index (κ2) is 11.1. The van der Waals surface area contributed by atoms with Crippen LogP contribution in [0.15, 0.2) is 90.3 Å². The summed E-state index contributed by atoms with van der Waals surface area (Å²) in [7, 11) is -2.88. The van der Waals surface area contributed by atoms with Crippen molar-refractivity contribution in [2.24, 2.45) is 0 Å². The summed E-state index contributed by atoms with van der Waals surface area (Å²) in [5.74, 6) is -0.0657. The van der Waals surface area contributed by atoms with Crippen LogP contribution in [-0.4, -0.2) is 42.5 Å². The molecule has 0 aliphatic heterocycles. The Bertz CT molecular complexity index is 1550. The van der Waals surface area contributed by atoms with E-state index in [2.05, 4.69) is 10.3 Å². The minimum absolute atomic E-state index is 0.139. The molecule has 0 aliphatic carbocycles. The SMILES string of the molecule is COc1ccc(N(CC(=O)NCc2ccccc2-n2ccnc2)S(=O)(=O)c2ccc(C)c([N+](=O)[O-])c2)cc1. The van der Waals surface area contributed by atoms with Crippen molar-refractivity contribution in [1.29, 1.82) is 0 Å². The highest BCUT2D eigenvalue weighted by Gasteiger charge is 2.29. The molecule has 12 heteroatoms. The third-order valence-electron chi connectivity index (χ3n) is 5.86. The van der Waals surface area contributed by atoms with Gasteiger partial charge in [0.1, 0.15) is 12.3 Å². The van der Waals surface area contributed by atoms with Crippen molar-refractivity contribution in [1.82, 2.24) is 14.9 Å². The summed E-state index contributed by atoms with van der Waals surface area (Å²) in [4.78, 5) is 27.6. The average molecular weight is 536 g/mol. The summed E-state index contributed by atoms with van der Waals surface area (Å²) in [5.41, 5.74) is 1.80. The quantitative estimate of drug-likeness (QED) is 0.242. The lowest BCUT2D eigenvalue weighted by Gasteiger charge is -2.24. The monoisotopic (exact) mass is 535 g/mol. The standard InChI is InChI=1S/C26H25N5O6S/c1-19-7-12-23(15-25(19)31(33)34)38(35,36)30(21-8-10-22(37-2)11-9-21)17-26(32)28-16-20-5-3-4-6-24(20)29-14-13-27-18-29/h3-15,18H,16-17H2,1-2H3,(H,28,32). The number of sulfonamides is 1. The molecule has 196 valence electrons. The molecule has 0 bridgehead atoms. The lowest BCUT2D eigenvalue weighted by atomic mass is 10.1. The van der Waals surface area contributed by atoms with Gasteiger partial charge >= 0.3 is 0 Å². The fraction of sp³-hybridized carbons (Fsp3) is 0.154. The summed E-state index contributed by atoms with van der Waals surface area (Å²) in [5, 5.41) is 14.2. The predicted molar refractivity (Wildman–Crippen MR) is 141 cm³/mol. The van der Waals surface area contributed by atoms with E-state index in [9.17, 15) is 23.3 Å². The molecule has 11 nitrogen and oxygen atoms in total. The van der Waals surface area contributed by atoms with Crippen molar-refractivity contribution in [3.8, 4) is 11.4 Å². The third kappa shape index (κ3) is 5.65. The molecule has 1 aromatic heterocycles. The van der Waals surface area contributed by atoms with E-state index in [1.165, 1.54) is 38.3 Å². The number of nitro benzene ring substituents is 1. The molecule has 1 N–H and O–H groups in total. The van der Waals surface area contributed by atoms with Crippen molar-refractivity contribution in [3.63, 3.8) is 0 Å². The van der Waals surface area contributed by atoms with Crippen LogP contribution in [0.2, 0.25) is 0 Å². The van der Waals surface area contributed by atoms with Gasteiger partial charge in [0.15, 0.2) is 0 Å². The number of rotatable bonds is 10. The Hall–Kier alpha value is -4.71. The number of carbonyl (C=O) groups is 1. The van der Waals surface area contributed by atoms with Crippen LogP contribution >= 0.6 is 0 Å². The number of benzene rings is 3. The molecule has 4 aromatic rings. The van der Waals surface area contributed by atoms with Gasteiger partial charge in [0, 0.05) is 30.6 Å². The molecular formula is C26H25N5O6S. The molecule has 0 unspecified atom stereocenters. The molecule has 38 heavy (non-hydrogen) atoms. The van der Waals surface area contributed by atoms with E-state index in [-0.39, 0.29) is 22.8 Å². The number of amides is 1. The molecule has 1 heterocycles. The van der Waals surface area contributed by atoms with Crippen LogP contribution < -0.4 is 14.4 Å². The van der Waals surface area contributed by atoms with Gasteiger partial charge in [0.25, 0.3) is 15.7 Å². The number of hydrogen-bond donors (Lipinski definition) is 1. The normalized spacial score (nSPS) is 11.1. The first-order valence-corrected chi connectivity index (χ1v) is 12.9. The molecule has 0 fully saturated rings. The first-order chi connectivity index (χ1) is 18.2. The fourth-order valence-corrected chi connectivity index (χ4v) is 5.27. The summed E-state index contributed by atoms with van der Waals surface area (Å²) < 4.78 is 35.2. The van der Waals surface area contributed by atoms with Gasteiger partial charge in [-0.2, -0.15) is 0 Å². The van der Waals surface area contributed by atoms with Crippen molar-refractivity contribution in [2.45, 2.75) is 18.4 Å². The van der Waals surface area contributed by atoms with Gasteiger partial charge in [0.05, 0.1) is 34.6 Å². The first kappa shape index (κ1) is 26.4. The van der Waals surface area contributed by atoms with Crippen molar-refractivity contribution < 1.29 is 22.9 Å². The lowest BCUT2D eigenvalue weighted by molar-refractivity contribution is -0.385. The Morgan fingerprint density at radius 3 is 2.53 bits per heavy atom. The number of hydrogen-bond acceptors (Lipinski definition) is 7. The van der Waals surface area contributed by atoms with Gasteiger partial charge in [-0.1, -0.05) is 24.3 Å². The minimum Gasteiger partial charge on any atom is -0.497 e. The highest BCUT2D eigenvalue weighted by atomic mass is 32.2. The summed E-state index contributed by atoms with van der Waals surface area (Å²) in [6.07, 6.45) is 5.06. The van der Waals surface area contributed by atoms with E-state index in [1.54, 1.807) is 35.4 Å². The number of nitrogens with zero attached hydrogens (tertiary/aromatic N) is 4. The van der Waals surface area contributed by atoms with Crippen LogP contribution in [0.5, 0.6) is 5.75 Å². The molecule has 0 atom stereocenters. The van der Waals surface area contributed by atoms with E-state index >= 15 is 0 Å². The number of aromatic nitrogens is 2. The molecular weight excluding hydrogens is 510 g/mol. The van der Waals surface area contributed by atoms with Crippen LogP contribution in [0, 0.1) is 17.0 Å². The third-order valence-corrected chi connectivity index (χ3v) is 7.63. The molecule has 1 amide bonds. The van der Waals surface area contributed by atoms with Gasteiger partial charge in [0.2, 0.25) is 5.91 Å². The fourth-order valence-electron chi connectivity index (χ4n) is 3.83. The Labute approximate surface area is 219 Å². The second-order valence-electron chi connectivity index (χ2n) is 8.29. The molecule has 0 aliphatic rings. The van der Waals surface area contributed by atoms with Crippen LogP contribution in [0.3, 0.4) is 0 Å². The van der Waals surface area contributed by atoms with Gasteiger partial charge < -0.3 is 14.6 Å². The molecule has 0 radical (unpaired) electrons. The number of para-hydroxylation sites is 1. The molecule has 4 rings (SSSR count). The number of methoxy groups -OCH3 is 1. The van der Waals surface area contributed by atoms with Crippen LogP contribution in [0.4, 0.5) is 11.4 Å². The zero-order valence-corrected chi connectivity index (χ0v) is 21.5. The van der Waals surface area contributed by atoms with Crippen molar-refractivity contribution in [2.75, 3.05) is 18.0 Å². The van der Waals surface area contributed by atoms with E-state index < -0.39 is 27.4 Å². The number of nitro groups is 1. The summed E-state index contributed by atoms with van der Waals surface area (Å²) in [6, 6.07) is 17.2. The first-order valence-electron chi connectivity index (χ1n) is 11.5. The maximum absolute atomic E-state index is 13.7. The molecule has 0 saturated carbocycles. The number of carbonyl (C=O) groups excluding carboxylic acids is 1. The van der Waals surface area contributed by atoms with Crippen molar-refractivity contribution >= 4 is 27.3 Å². The lowest BCUT2D eigenvalue weighted by Crippen LogP contribution is -2.40. The van der Waals surface area contributed by atoms with E-state index in [4.69, 9.17) is 4.74 Å². The Morgan fingerprint density at radius 1 is 1.13 bits per heavy atom. The second-order valence-corrected chi connectivity index (χ2v) is 10.2.